The number of esters is 2. The summed E-state index contributed by atoms with van der Waals surface area (Å²) in [6.45, 7) is 14.8. The van der Waals surface area contributed by atoms with E-state index in [1.54, 1.807) is 14.2 Å². The molecular formula is C32H44N2O8. The molecule has 0 fully saturated rings. The zero-order valence-electron chi connectivity index (χ0n) is 26.3. The summed E-state index contributed by atoms with van der Waals surface area (Å²) in [5.74, 6) is -1.26. The van der Waals surface area contributed by atoms with E-state index >= 15 is 0 Å². The summed E-state index contributed by atoms with van der Waals surface area (Å²) in [5.41, 5.74) is 9.03. The number of aromatic amines is 1. The van der Waals surface area contributed by atoms with E-state index in [1.165, 1.54) is 0 Å². The van der Waals surface area contributed by atoms with Crippen molar-refractivity contribution in [3.8, 4) is 0 Å². The van der Waals surface area contributed by atoms with Crippen LogP contribution in [0.25, 0.3) is 0 Å². The molecule has 0 bridgehead atoms. The Morgan fingerprint density at radius 3 is 1.93 bits per heavy atom. The quantitative estimate of drug-likeness (QED) is 0.180. The molecule has 1 N–H and O–H groups in total. The molecule has 1 aromatic heterocycles. The largest absolute Gasteiger partial charge is 0.435 e. The van der Waals surface area contributed by atoms with Gasteiger partial charge in [-0.2, -0.15) is 0 Å². The molecule has 2 aromatic rings. The molecule has 1 aliphatic rings. The first kappa shape index (κ1) is 33.2. The maximum atomic E-state index is 13.1. The van der Waals surface area contributed by atoms with Gasteiger partial charge in [0.15, 0.2) is 13.6 Å². The van der Waals surface area contributed by atoms with Crippen molar-refractivity contribution in [2.24, 2.45) is 4.99 Å². The summed E-state index contributed by atoms with van der Waals surface area (Å²) >= 11 is 0. The van der Waals surface area contributed by atoms with Crippen molar-refractivity contribution in [2.75, 3.05) is 54.2 Å². The van der Waals surface area contributed by atoms with Gasteiger partial charge in [0, 0.05) is 31.3 Å². The Morgan fingerprint density at radius 2 is 1.38 bits per heavy atom. The fraction of sp³-hybridized carbons (Fsp3) is 0.531. The van der Waals surface area contributed by atoms with Crippen LogP contribution >= 0.6 is 0 Å². The summed E-state index contributed by atoms with van der Waals surface area (Å²) in [7, 11) is 3.16. The lowest BCUT2D eigenvalue weighted by atomic mass is 9.79. The predicted octanol–water partition coefficient (Wildman–Crippen LogP) is 4.79. The summed E-state index contributed by atoms with van der Waals surface area (Å²) < 4.78 is 31.4. The van der Waals surface area contributed by atoms with E-state index in [0.29, 0.717) is 49.0 Å². The third-order valence-corrected chi connectivity index (χ3v) is 7.50. The molecule has 10 heteroatoms. The van der Waals surface area contributed by atoms with Crippen LogP contribution in [0.4, 0.5) is 0 Å². The molecule has 0 saturated carbocycles. The Morgan fingerprint density at radius 1 is 0.833 bits per heavy atom. The molecule has 1 aromatic carbocycles. The number of H-pyrrole nitrogens is 1. The average molecular weight is 585 g/mol. The first-order valence-corrected chi connectivity index (χ1v) is 14.0. The molecule has 10 nitrogen and oxygen atoms in total. The first-order valence-electron chi connectivity index (χ1n) is 14.0. The number of benzene rings is 1. The molecule has 230 valence electrons. The summed E-state index contributed by atoms with van der Waals surface area (Å²) in [4.78, 5) is 34.8. The van der Waals surface area contributed by atoms with Crippen LogP contribution in [0.5, 0.6) is 0 Å². The number of hydrogen-bond donors (Lipinski definition) is 1. The van der Waals surface area contributed by atoms with Crippen molar-refractivity contribution < 1.29 is 38.0 Å². The lowest BCUT2D eigenvalue weighted by Gasteiger charge is -2.27. The van der Waals surface area contributed by atoms with E-state index < -0.39 is 18.0 Å². The minimum atomic E-state index is -0.484. The number of rotatable bonds is 15. The smallest absolute Gasteiger partial charge is 0.342 e. The second kappa shape index (κ2) is 15.2. The van der Waals surface area contributed by atoms with Crippen LogP contribution in [-0.4, -0.2) is 82.9 Å². The van der Waals surface area contributed by atoms with Crippen LogP contribution in [-0.2, 0) is 33.2 Å². The van der Waals surface area contributed by atoms with Crippen molar-refractivity contribution in [2.45, 2.75) is 60.4 Å². The third-order valence-electron chi connectivity index (χ3n) is 7.50. The van der Waals surface area contributed by atoms with Crippen molar-refractivity contribution >= 4 is 17.7 Å². The van der Waals surface area contributed by atoms with Gasteiger partial charge in [-0.1, -0.05) is 17.7 Å². The summed E-state index contributed by atoms with van der Waals surface area (Å²) in [6, 6.07) is 3.88. The molecule has 0 radical (unpaired) electrons. The number of ether oxygens (including phenoxy) is 6. The zero-order chi connectivity index (χ0) is 31.0. The number of nitrogens with zero attached hydrogens (tertiary/aromatic N) is 1. The van der Waals surface area contributed by atoms with Gasteiger partial charge in [-0.15, -0.1) is 0 Å². The summed E-state index contributed by atoms with van der Waals surface area (Å²) in [6.07, 6.45) is 0. The molecule has 0 spiro atoms. The lowest BCUT2D eigenvalue weighted by molar-refractivity contribution is -0.151. The topological polar surface area (TPSA) is 118 Å². The van der Waals surface area contributed by atoms with Gasteiger partial charge < -0.3 is 33.4 Å². The van der Waals surface area contributed by atoms with E-state index in [1.807, 2.05) is 27.7 Å². The van der Waals surface area contributed by atoms with Crippen LogP contribution in [0.15, 0.2) is 28.3 Å². The Hall–Kier alpha value is -3.31. The van der Waals surface area contributed by atoms with Gasteiger partial charge in [0.25, 0.3) is 0 Å². The highest BCUT2D eigenvalue weighted by atomic mass is 16.7. The van der Waals surface area contributed by atoms with Crippen LogP contribution in [0.1, 0.15) is 69.3 Å². The number of aryl methyl sites for hydroxylation is 4. The Kier molecular flexibility index (Phi) is 12.0. The van der Waals surface area contributed by atoms with Crippen LogP contribution in [0.3, 0.4) is 0 Å². The number of aliphatic imine (C=N–C) groups is 1. The number of aromatic nitrogens is 1. The molecule has 0 aliphatic carbocycles. The minimum absolute atomic E-state index is 0.171. The molecule has 2 heterocycles. The number of hydrogen-bond acceptors (Lipinski definition) is 9. The first-order chi connectivity index (χ1) is 20.0. The maximum Gasteiger partial charge on any atom is 0.342 e. The molecule has 0 saturated heterocycles. The van der Waals surface area contributed by atoms with Gasteiger partial charge in [0.1, 0.15) is 0 Å². The fourth-order valence-electron chi connectivity index (χ4n) is 5.71. The van der Waals surface area contributed by atoms with E-state index in [0.717, 1.165) is 39.1 Å². The average Bonchev–Trinajstić information content (AvgIpc) is 3.38. The molecule has 2 unspecified atom stereocenters. The van der Waals surface area contributed by atoms with Crippen LogP contribution in [0, 0.1) is 34.6 Å². The normalized spacial score (nSPS) is 15.6. The number of carbonyl (C=O) groups excluding carboxylic acids is 2. The molecule has 42 heavy (non-hydrogen) atoms. The predicted molar refractivity (Wildman–Crippen MR) is 159 cm³/mol. The van der Waals surface area contributed by atoms with Gasteiger partial charge in [-0.05, 0) is 76.3 Å². The molecular weight excluding hydrogens is 540 g/mol. The van der Waals surface area contributed by atoms with Crippen molar-refractivity contribution in [3.63, 3.8) is 0 Å². The fourth-order valence-corrected chi connectivity index (χ4v) is 5.71. The summed E-state index contributed by atoms with van der Waals surface area (Å²) in [5, 5.41) is 0. The van der Waals surface area contributed by atoms with E-state index in [2.05, 4.69) is 37.9 Å². The second-order valence-corrected chi connectivity index (χ2v) is 10.6. The van der Waals surface area contributed by atoms with Gasteiger partial charge in [-0.3, -0.25) is 4.99 Å². The molecule has 1 aliphatic heterocycles. The standard InChI is InChI=1S/C32H44N2O8/c1-18-14-19(2)25(20(3)15-18)28(29-21(4)26(23(6)33-29)31(35)41-16-39-12-10-37-8)30-22(5)27(24(7)34-30)32(36)42-17-40-13-11-38-9/h14-15,28-29,34H,10-13,16-17H2,1-9H3. The van der Waals surface area contributed by atoms with Crippen molar-refractivity contribution in [1.82, 2.24) is 4.98 Å². The van der Waals surface area contributed by atoms with Crippen molar-refractivity contribution in [3.05, 3.63) is 68.0 Å². The molecule has 2 atom stereocenters. The molecule has 3 rings (SSSR count). The van der Waals surface area contributed by atoms with Crippen LogP contribution < -0.4 is 0 Å². The van der Waals surface area contributed by atoms with E-state index in [4.69, 9.17) is 33.4 Å². The highest BCUT2D eigenvalue weighted by Gasteiger charge is 2.39. The van der Waals surface area contributed by atoms with Gasteiger partial charge >= 0.3 is 11.9 Å². The Bertz CT molecular complexity index is 1320. The molecule has 0 amide bonds. The highest BCUT2D eigenvalue weighted by Crippen LogP contribution is 2.42. The van der Waals surface area contributed by atoms with E-state index in [9.17, 15) is 9.59 Å². The third kappa shape index (κ3) is 7.55. The zero-order valence-corrected chi connectivity index (χ0v) is 26.3. The monoisotopic (exact) mass is 584 g/mol. The number of methoxy groups -OCH3 is 2. The second-order valence-electron chi connectivity index (χ2n) is 10.6. The van der Waals surface area contributed by atoms with Crippen molar-refractivity contribution in [1.29, 1.82) is 0 Å². The number of nitrogens with one attached hydrogen (secondary N) is 1. The van der Waals surface area contributed by atoms with Crippen LogP contribution in [0.2, 0.25) is 0 Å². The Labute approximate surface area is 248 Å². The van der Waals surface area contributed by atoms with E-state index in [-0.39, 0.29) is 19.5 Å². The Balaban J connectivity index is 2.03. The minimum Gasteiger partial charge on any atom is -0.435 e. The SMILES string of the molecule is COCCOCOC(=O)C1=C(C)C(C(c2[nH]c(C)c(C(=O)OCOCCOC)c2C)c2c(C)cc(C)cc2C)N=C1C. The van der Waals surface area contributed by atoms with Gasteiger partial charge in [0.05, 0.1) is 49.5 Å². The lowest BCUT2D eigenvalue weighted by Crippen LogP contribution is -2.22. The highest BCUT2D eigenvalue weighted by molar-refractivity contribution is 6.21. The number of carbonyl (C=O) groups is 2. The maximum absolute atomic E-state index is 13.1. The van der Waals surface area contributed by atoms with Gasteiger partial charge in [-0.25, -0.2) is 9.59 Å². The van der Waals surface area contributed by atoms with Gasteiger partial charge in [0.2, 0.25) is 0 Å².